The van der Waals surface area contributed by atoms with Gasteiger partial charge in [0, 0.05) is 35.0 Å². The van der Waals surface area contributed by atoms with Crippen LogP contribution in [0.15, 0.2) is 168 Å². The molecular formula is C72H69N3O3. The molecule has 9 aromatic carbocycles. The predicted octanol–water partition coefficient (Wildman–Crippen LogP) is 20.6. The summed E-state index contributed by atoms with van der Waals surface area (Å²) in [6.45, 7) is 28.6. The normalized spacial score (nSPS) is 14.1. The molecule has 0 aliphatic carbocycles. The van der Waals surface area contributed by atoms with E-state index in [1.54, 1.807) is 0 Å². The summed E-state index contributed by atoms with van der Waals surface area (Å²) in [5, 5.41) is 2.23. The van der Waals surface area contributed by atoms with E-state index in [0.29, 0.717) is 13.2 Å². The summed E-state index contributed by atoms with van der Waals surface area (Å²) in [6.07, 6.45) is 0.811. The second kappa shape index (κ2) is 17.9. The van der Waals surface area contributed by atoms with Crippen LogP contribution in [-0.2, 0) is 16.2 Å². The van der Waals surface area contributed by atoms with Crippen LogP contribution in [0.2, 0.25) is 0 Å². The van der Waals surface area contributed by atoms with Gasteiger partial charge in [-0.1, -0.05) is 153 Å². The second-order valence-corrected chi connectivity index (χ2v) is 25.1. The number of hydrogen-bond donors (Lipinski definition) is 0. The molecule has 0 N–H and O–H groups in total. The van der Waals surface area contributed by atoms with Crippen LogP contribution in [0.3, 0.4) is 0 Å². The fourth-order valence-corrected chi connectivity index (χ4v) is 12.1. The molecule has 0 radical (unpaired) electrons. The lowest BCUT2D eigenvalue weighted by Gasteiger charge is -2.48. The molecular weight excluding hydrogens is 955 g/mol. The van der Waals surface area contributed by atoms with E-state index < -0.39 is 0 Å². The molecule has 0 bridgehead atoms. The lowest BCUT2D eigenvalue weighted by molar-refractivity contribution is 0.297. The first-order chi connectivity index (χ1) is 37.3. The van der Waals surface area contributed by atoms with Crippen molar-refractivity contribution < 1.29 is 13.9 Å². The zero-order chi connectivity index (χ0) is 54.2. The van der Waals surface area contributed by atoms with Gasteiger partial charge in [-0.2, -0.15) is 0 Å². The van der Waals surface area contributed by atoms with Crippen molar-refractivity contribution in [2.75, 3.05) is 27.9 Å². The van der Waals surface area contributed by atoms with Gasteiger partial charge in [-0.15, -0.1) is 0 Å². The average Bonchev–Trinajstić information content (AvgIpc) is 3.76. The third-order valence-corrected chi connectivity index (χ3v) is 16.3. The molecule has 0 amide bonds. The van der Waals surface area contributed by atoms with Crippen molar-refractivity contribution in [3.05, 3.63) is 197 Å². The van der Waals surface area contributed by atoms with E-state index in [4.69, 9.17) is 13.9 Å². The minimum Gasteiger partial charge on any atom is -0.489 e. The Morgan fingerprint density at radius 1 is 0.359 bits per heavy atom. The van der Waals surface area contributed by atoms with Gasteiger partial charge in [0.1, 0.15) is 11.2 Å². The van der Waals surface area contributed by atoms with Crippen molar-refractivity contribution in [3.63, 3.8) is 0 Å². The minimum atomic E-state index is -0.0206. The van der Waals surface area contributed by atoms with Crippen LogP contribution in [0.25, 0.3) is 55.3 Å². The van der Waals surface area contributed by atoms with Crippen LogP contribution < -0.4 is 24.2 Å². The van der Waals surface area contributed by atoms with Gasteiger partial charge < -0.3 is 28.6 Å². The molecule has 4 heterocycles. The monoisotopic (exact) mass is 1020 g/mol. The van der Waals surface area contributed by atoms with Crippen molar-refractivity contribution in [1.82, 2.24) is 0 Å². The summed E-state index contributed by atoms with van der Waals surface area (Å²) in [5.74, 6) is 1.52. The summed E-state index contributed by atoms with van der Waals surface area (Å²) < 4.78 is 19.7. The highest BCUT2D eigenvalue weighted by Crippen LogP contribution is 2.66. The van der Waals surface area contributed by atoms with E-state index in [1.807, 2.05) is 6.07 Å². The molecule has 13 rings (SSSR count). The maximum absolute atomic E-state index is 6.59. The summed E-state index contributed by atoms with van der Waals surface area (Å²) in [4.78, 5) is 7.55. The summed E-state index contributed by atoms with van der Waals surface area (Å²) in [7, 11) is 0. The first kappa shape index (κ1) is 49.4. The SMILES string of the molecule is Cc1cc2c3c(c1)N(c1c(C)cc(C(C)(C)C)cc1C)c1cc4c(cc1N3c1ccc(-c3ccc5c(c3)oc3ccccc35)cc1N2c1cc(-c2ccc(C(C)(C)C)cc2)cc(-c2ccc(C(C)(C)C)cc2)c1)OCCCO4. The van der Waals surface area contributed by atoms with Crippen molar-refractivity contribution in [2.45, 2.75) is 106 Å². The number of hydrogen-bond acceptors (Lipinski definition) is 6. The van der Waals surface area contributed by atoms with Crippen LogP contribution in [-0.4, -0.2) is 13.2 Å². The third kappa shape index (κ3) is 8.30. The van der Waals surface area contributed by atoms with E-state index in [-0.39, 0.29) is 16.2 Å². The molecule has 1 aromatic heterocycles. The fraction of sp³-hybridized carbons (Fsp3) is 0.250. The molecule has 0 saturated carbocycles. The van der Waals surface area contributed by atoms with Gasteiger partial charge in [0.2, 0.25) is 0 Å². The standard InChI is InChI=1S/C72H69N3O3/c1-43-32-62-69-63(33-43)75(68-44(2)34-54(35-45(68)3)72(10,11)12)61-42-67-66(76-30-15-31-77-67)41-60(61)74(69)58-29-23-48(49-22-28-57-56-16-13-14-17-64(56)78-65(57)40-49)39-59(58)73(62)55-37-50(46-18-24-52(25-19-46)70(4,5)6)36-51(38-55)47-20-26-53(27-21-47)71(7,8)9/h13-14,16-29,32-42H,15,30-31H2,1-12H3. The average molecular weight is 1020 g/mol. The number of nitrogens with zero attached hydrogens (tertiary/aromatic N) is 3. The molecule has 78 heavy (non-hydrogen) atoms. The first-order valence-corrected chi connectivity index (χ1v) is 27.8. The largest absolute Gasteiger partial charge is 0.489 e. The quantitative estimate of drug-likeness (QED) is 0.171. The van der Waals surface area contributed by atoms with Crippen LogP contribution in [0.5, 0.6) is 11.5 Å². The molecule has 0 unspecified atom stereocenters. The van der Waals surface area contributed by atoms with E-state index in [2.05, 4.69) is 256 Å². The fourth-order valence-electron chi connectivity index (χ4n) is 12.1. The van der Waals surface area contributed by atoms with Gasteiger partial charge in [0.15, 0.2) is 11.5 Å². The van der Waals surface area contributed by atoms with Crippen LogP contribution >= 0.6 is 0 Å². The Labute approximate surface area is 460 Å². The molecule has 0 saturated heterocycles. The lowest BCUT2D eigenvalue weighted by atomic mass is 9.84. The molecule has 6 nitrogen and oxygen atoms in total. The van der Waals surface area contributed by atoms with Crippen molar-refractivity contribution >= 4 is 73.1 Å². The Balaban J connectivity index is 1.10. The summed E-state index contributed by atoms with van der Waals surface area (Å²) >= 11 is 0. The van der Waals surface area contributed by atoms with Crippen molar-refractivity contribution in [3.8, 4) is 44.9 Å². The van der Waals surface area contributed by atoms with Gasteiger partial charge in [-0.05, 0) is 164 Å². The molecule has 3 aliphatic heterocycles. The summed E-state index contributed by atoms with van der Waals surface area (Å²) in [5.41, 5.74) is 25.8. The Kier molecular flexibility index (Phi) is 11.3. The number of benzene rings is 9. The van der Waals surface area contributed by atoms with E-state index in [0.717, 1.165) is 113 Å². The van der Waals surface area contributed by atoms with E-state index in [1.165, 1.54) is 44.6 Å². The second-order valence-electron chi connectivity index (χ2n) is 25.1. The predicted molar refractivity (Wildman–Crippen MR) is 327 cm³/mol. The van der Waals surface area contributed by atoms with Crippen LogP contribution in [0.4, 0.5) is 51.2 Å². The molecule has 0 atom stereocenters. The number of rotatable bonds is 5. The number of furan rings is 1. The Bertz CT molecular complexity index is 3950. The molecule has 0 spiro atoms. The molecule has 0 fully saturated rings. The number of anilines is 9. The minimum absolute atomic E-state index is 0.0206. The molecule has 6 heteroatoms. The van der Waals surface area contributed by atoms with Gasteiger partial charge in [0.05, 0.1) is 58.7 Å². The van der Waals surface area contributed by atoms with Gasteiger partial charge in [0.25, 0.3) is 0 Å². The third-order valence-electron chi connectivity index (χ3n) is 16.3. The Morgan fingerprint density at radius 2 is 0.846 bits per heavy atom. The zero-order valence-electron chi connectivity index (χ0n) is 47.3. The smallest absolute Gasteiger partial charge is 0.163 e. The van der Waals surface area contributed by atoms with Crippen molar-refractivity contribution in [1.29, 1.82) is 0 Å². The Hall–Kier alpha value is -8.22. The van der Waals surface area contributed by atoms with Gasteiger partial charge >= 0.3 is 0 Å². The molecule has 10 aromatic rings. The highest BCUT2D eigenvalue weighted by Gasteiger charge is 2.42. The van der Waals surface area contributed by atoms with Gasteiger partial charge in [-0.3, -0.25) is 0 Å². The van der Waals surface area contributed by atoms with E-state index in [9.17, 15) is 0 Å². The number of ether oxygens (including phenoxy) is 2. The highest BCUT2D eigenvalue weighted by atomic mass is 16.5. The number of fused-ring (bicyclic) bond motifs is 8. The zero-order valence-corrected chi connectivity index (χ0v) is 47.3. The Morgan fingerprint density at radius 3 is 1.42 bits per heavy atom. The van der Waals surface area contributed by atoms with Crippen molar-refractivity contribution in [2.24, 2.45) is 0 Å². The summed E-state index contributed by atoms with van der Waals surface area (Å²) in [6, 6.07) is 61.6. The number of para-hydroxylation sites is 1. The molecule has 390 valence electrons. The highest BCUT2D eigenvalue weighted by molar-refractivity contribution is 6.14. The molecule has 3 aliphatic rings. The van der Waals surface area contributed by atoms with E-state index >= 15 is 0 Å². The maximum Gasteiger partial charge on any atom is 0.163 e. The maximum atomic E-state index is 6.59. The topological polar surface area (TPSA) is 41.3 Å². The lowest BCUT2D eigenvalue weighted by Crippen LogP contribution is -2.31. The number of aryl methyl sites for hydroxylation is 3. The van der Waals surface area contributed by atoms with Crippen LogP contribution in [0.1, 0.15) is 102 Å². The van der Waals surface area contributed by atoms with Gasteiger partial charge in [-0.25, -0.2) is 0 Å². The first-order valence-electron chi connectivity index (χ1n) is 27.8. The van der Waals surface area contributed by atoms with Crippen LogP contribution in [0, 0.1) is 20.8 Å².